The second-order valence-corrected chi connectivity index (χ2v) is 7.84. The summed E-state index contributed by atoms with van der Waals surface area (Å²) in [4.78, 5) is 0. The molecule has 25 heavy (non-hydrogen) atoms. The Hall–Kier alpha value is -1.64. The van der Waals surface area contributed by atoms with Gasteiger partial charge in [-0.15, -0.1) is 0 Å². The zero-order valence-electron chi connectivity index (χ0n) is 15.1. The van der Waals surface area contributed by atoms with Gasteiger partial charge in [0.1, 0.15) is 0 Å². The van der Waals surface area contributed by atoms with E-state index in [2.05, 4.69) is 42.5 Å². The maximum atomic E-state index is 6.15. The molecule has 0 saturated heterocycles. The molecule has 4 rings (SSSR count). The number of hydrogen-bond donors (Lipinski definition) is 2. The second-order valence-electron chi connectivity index (χ2n) is 7.84. The number of nitrogens with two attached hydrogens (primary N) is 2. The Morgan fingerprint density at radius 2 is 1.52 bits per heavy atom. The Balaban J connectivity index is 1.73. The van der Waals surface area contributed by atoms with Crippen LogP contribution in [-0.2, 0) is 0 Å². The minimum Gasteiger partial charge on any atom is -0.330 e. The lowest BCUT2D eigenvalue weighted by molar-refractivity contribution is 0.393. The zero-order chi connectivity index (χ0) is 17.2. The van der Waals surface area contributed by atoms with Gasteiger partial charge in [-0.25, -0.2) is 0 Å². The van der Waals surface area contributed by atoms with E-state index in [0.29, 0.717) is 17.9 Å². The molecule has 132 valence electrons. The van der Waals surface area contributed by atoms with Crippen LogP contribution in [0.5, 0.6) is 0 Å². The van der Waals surface area contributed by atoms with Crippen molar-refractivity contribution in [1.82, 2.24) is 0 Å². The molecule has 0 amide bonds. The highest BCUT2D eigenvalue weighted by Crippen LogP contribution is 2.51. The minimum atomic E-state index is 0.408. The van der Waals surface area contributed by atoms with Crippen molar-refractivity contribution < 1.29 is 0 Å². The predicted molar refractivity (Wildman–Crippen MR) is 106 cm³/mol. The van der Waals surface area contributed by atoms with Gasteiger partial charge >= 0.3 is 0 Å². The molecule has 0 heterocycles. The standard InChI is InChI=1S/C23H30N2/c24-15-4-3-8-21-19-6-1-2-7-20(19)22-10-5-9-18(23(21)22)16-11-13-17(25)14-12-16/h1-2,5-7,9-10,16-17,21H,3-4,8,11-15,24-25H2. The van der Waals surface area contributed by atoms with Crippen molar-refractivity contribution in [3.05, 3.63) is 59.2 Å². The van der Waals surface area contributed by atoms with Crippen LogP contribution in [0.15, 0.2) is 42.5 Å². The Bertz CT molecular complexity index is 729. The van der Waals surface area contributed by atoms with Crippen LogP contribution in [-0.4, -0.2) is 12.6 Å². The highest BCUT2D eigenvalue weighted by atomic mass is 14.6. The molecule has 4 N–H and O–H groups in total. The summed E-state index contributed by atoms with van der Waals surface area (Å²) in [6.45, 7) is 0.795. The van der Waals surface area contributed by atoms with Crippen LogP contribution in [0.4, 0.5) is 0 Å². The topological polar surface area (TPSA) is 52.0 Å². The molecule has 0 aromatic heterocycles. The first-order valence-electron chi connectivity index (χ1n) is 9.97. The van der Waals surface area contributed by atoms with E-state index in [-0.39, 0.29) is 0 Å². The first-order valence-corrected chi connectivity index (χ1v) is 9.97. The van der Waals surface area contributed by atoms with E-state index < -0.39 is 0 Å². The van der Waals surface area contributed by atoms with Crippen LogP contribution in [0.1, 0.15) is 73.5 Å². The smallest absolute Gasteiger partial charge is 0.0104 e. The molecular formula is C23H30N2. The maximum Gasteiger partial charge on any atom is 0.0104 e. The van der Waals surface area contributed by atoms with Crippen LogP contribution in [0.25, 0.3) is 11.1 Å². The van der Waals surface area contributed by atoms with Crippen molar-refractivity contribution >= 4 is 0 Å². The molecule has 0 radical (unpaired) electrons. The normalized spacial score (nSPS) is 24.8. The highest BCUT2D eigenvalue weighted by molar-refractivity contribution is 5.80. The van der Waals surface area contributed by atoms with Gasteiger partial charge in [0.2, 0.25) is 0 Å². The van der Waals surface area contributed by atoms with Crippen molar-refractivity contribution in [1.29, 1.82) is 0 Å². The molecule has 1 atom stereocenters. The lowest BCUT2D eigenvalue weighted by Gasteiger charge is -2.29. The highest BCUT2D eigenvalue weighted by Gasteiger charge is 2.32. The summed E-state index contributed by atoms with van der Waals surface area (Å²) in [5.41, 5.74) is 19.6. The average molecular weight is 335 g/mol. The van der Waals surface area contributed by atoms with Gasteiger partial charge in [0.15, 0.2) is 0 Å². The molecule has 2 nitrogen and oxygen atoms in total. The van der Waals surface area contributed by atoms with Gasteiger partial charge in [0.25, 0.3) is 0 Å². The molecule has 0 aliphatic heterocycles. The second kappa shape index (κ2) is 7.31. The zero-order valence-corrected chi connectivity index (χ0v) is 15.1. The molecule has 1 fully saturated rings. The van der Waals surface area contributed by atoms with Gasteiger partial charge < -0.3 is 11.5 Å². The van der Waals surface area contributed by atoms with Gasteiger partial charge in [-0.1, -0.05) is 48.9 Å². The van der Waals surface area contributed by atoms with Crippen molar-refractivity contribution in [2.75, 3.05) is 6.54 Å². The number of benzene rings is 2. The van der Waals surface area contributed by atoms with Crippen molar-refractivity contribution in [2.24, 2.45) is 11.5 Å². The first kappa shape index (κ1) is 16.8. The Kier molecular flexibility index (Phi) is 4.91. The molecule has 1 saturated carbocycles. The molecule has 0 bridgehead atoms. The Labute approximate surface area is 151 Å². The van der Waals surface area contributed by atoms with Gasteiger partial charge in [0.05, 0.1) is 0 Å². The van der Waals surface area contributed by atoms with Crippen molar-refractivity contribution in [3.8, 4) is 11.1 Å². The fourth-order valence-electron chi connectivity index (χ4n) is 4.99. The minimum absolute atomic E-state index is 0.408. The lowest BCUT2D eigenvalue weighted by atomic mass is 9.77. The average Bonchev–Trinajstić information content (AvgIpc) is 2.97. The van der Waals surface area contributed by atoms with Gasteiger partial charge in [-0.2, -0.15) is 0 Å². The lowest BCUT2D eigenvalue weighted by Crippen LogP contribution is -2.26. The Morgan fingerprint density at radius 3 is 2.32 bits per heavy atom. The van der Waals surface area contributed by atoms with E-state index in [0.717, 1.165) is 13.0 Å². The molecule has 2 aliphatic carbocycles. The van der Waals surface area contributed by atoms with E-state index in [9.17, 15) is 0 Å². The van der Waals surface area contributed by atoms with Crippen LogP contribution in [0, 0.1) is 0 Å². The third-order valence-corrected chi connectivity index (χ3v) is 6.27. The van der Waals surface area contributed by atoms with E-state index in [1.54, 1.807) is 11.1 Å². The summed E-state index contributed by atoms with van der Waals surface area (Å²) in [6, 6.07) is 16.4. The maximum absolute atomic E-state index is 6.15. The molecule has 2 heteroatoms. The third kappa shape index (κ3) is 3.14. The number of fused-ring (bicyclic) bond motifs is 3. The van der Waals surface area contributed by atoms with Crippen molar-refractivity contribution in [3.63, 3.8) is 0 Å². The molecule has 1 unspecified atom stereocenters. The van der Waals surface area contributed by atoms with Crippen LogP contribution < -0.4 is 11.5 Å². The van der Waals surface area contributed by atoms with E-state index >= 15 is 0 Å². The van der Waals surface area contributed by atoms with Gasteiger partial charge in [-0.05, 0) is 78.8 Å². The first-order chi connectivity index (χ1) is 12.3. The van der Waals surface area contributed by atoms with Gasteiger partial charge in [0, 0.05) is 12.0 Å². The van der Waals surface area contributed by atoms with E-state index in [1.165, 1.54) is 55.2 Å². The summed E-state index contributed by atoms with van der Waals surface area (Å²) in [7, 11) is 0. The van der Waals surface area contributed by atoms with Crippen molar-refractivity contribution in [2.45, 2.75) is 62.8 Å². The van der Waals surface area contributed by atoms with Crippen LogP contribution >= 0.6 is 0 Å². The van der Waals surface area contributed by atoms with Crippen LogP contribution in [0.2, 0.25) is 0 Å². The summed E-state index contributed by atoms with van der Waals surface area (Å²) >= 11 is 0. The fraction of sp³-hybridized carbons (Fsp3) is 0.478. The fourth-order valence-corrected chi connectivity index (χ4v) is 4.99. The molecule has 2 aromatic rings. The monoisotopic (exact) mass is 334 g/mol. The summed E-state index contributed by atoms with van der Waals surface area (Å²) in [6.07, 6.45) is 8.35. The van der Waals surface area contributed by atoms with Crippen LogP contribution in [0.3, 0.4) is 0 Å². The Morgan fingerprint density at radius 1 is 0.800 bits per heavy atom. The van der Waals surface area contributed by atoms with E-state index in [4.69, 9.17) is 11.5 Å². The summed E-state index contributed by atoms with van der Waals surface area (Å²) in [5, 5.41) is 0. The number of hydrogen-bond acceptors (Lipinski definition) is 2. The largest absolute Gasteiger partial charge is 0.330 e. The molecule has 0 spiro atoms. The molecule has 2 aromatic carbocycles. The molecule has 2 aliphatic rings. The number of unbranched alkanes of at least 4 members (excludes halogenated alkanes) is 1. The predicted octanol–water partition coefficient (Wildman–Crippen LogP) is 4.91. The van der Waals surface area contributed by atoms with Gasteiger partial charge in [-0.3, -0.25) is 0 Å². The summed E-state index contributed by atoms with van der Waals surface area (Å²) in [5.74, 6) is 1.23. The molecular weight excluding hydrogens is 304 g/mol. The number of rotatable bonds is 5. The van der Waals surface area contributed by atoms with E-state index in [1.807, 2.05) is 0 Å². The SMILES string of the molecule is NCCCCC1c2ccccc2-c2cccc(C3CCC(N)CC3)c21. The summed E-state index contributed by atoms with van der Waals surface area (Å²) < 4.78 is 0. The quantitative estimate of drug-likeness (QED) is 0.763. The third-order valence-electron chi connectivity index (χ3n) is 6.27.